The first-order valence-corrected chi connectivity index (χ1v) is 20.7. The maximum Gasteiger partial charge on any atom is 0.411 e. The van der Waals surface area contributed by atoms with Gasteiger partial charge in [0.2, 0.25) is 5.91 Å². The van der Waals surface area contributed by atoms with E-state index in [0.717, 1.165) is 15.9 Å². The van der Waals surface area contributed by atoms with Crippen molar-refractivity contribution in [3.63, 3.8) is 0 Å². The highest BCUT2D eigenvalue weighted by Gasteiger charge is 2.62. The fraction of sp³-hybridized carbons (Fsp3) is 0.395. The number of aliphatic hydroxyl groups is 1. The lowest BCUT2D eigenvalue weighted by Crippen LogP contribution is -2.70. The van der Waals surface area contributed by atoms with Crippen LogP contribution in [0.2, 0.25) is 5.04 Å². The zero-order chi connectivity index (χ0) is 38.9. The van der Waals surface area contributed by atoms with Crippen molar-refractivity contribution in [3.05, 3.63) is 143 Å². The van der Waals surface area contributed by atoms with Gasteiger partial charge >= 0.3 is 6.09 Å². The van der Waals surface area contributed by atoms with E-state index in [2.05, 4.69) is 55.1 Å². The van der Waals surface area contributed by atoms with Crippen molar-refractivity contribution in [3.8, 4) is 0 Å². The number of likely N-dealkylation sites (N-methyl/N-ethyl adjacent to an activating group) is 1. The van der Waals surface area contributed by atoms with Crippen LogP contribution in [-0.4, -0.2) is 73.1 Å². The van der Waals surface area contributed by atoms with E-state index in [1.165, 1.54) is 4.90 Å². The average molecular weight is 748 g/mol. The van der Waals surface area contributed by atoms with Crippen LogP contribution < -0.4 is 10.4 Å². The minimum absolute atomic E-state index is 0.201. The molecule has 0 bridgehead atoms. The Kier molecular flexibility index (Phi) is 13.0. The van der Waals surface area contributed by atoms with Crippen molar-refractivity contribution in [1.82, 2.24) is 9.80 Å². The molecular weight excluding hydrogens is 695 g/mol. The summed E-state index contributed by atoms with van der Waals surface area (Å²) in [5.74, 6) is -0.383. The fourth-order valence-electron chi connectivity index (χ4n) is 8.01. The number of hydrogen-bond acceptors (Lipinski definition) is 6. The number of amides is 2. The van der Waals surface area contributed by atoms with Crippen LogP contribution in [0.3, 0.4) is 0 Å². The third kappa shape index (κ3) is 8.10. The van der Waals surface area contributed by atoms with Gasteiger partial charge in [0.05, 0.1) is 12.1 Å². The van der Waals surface area contributed by atoms with Gasteiger partial charge in [0.1, 0.15) is 6.10 Å². The molecular formula is C43H53N5O5Si. The lowest BCUT2D eigenvalue weighted by atomic mass is 9.86. The Morgan fingerprint density at radius 2 is 1.43 bits per heavy atom. The highest BCUT2D eigenvalue weighted by molar-refractivity contribution is 6.99. The lowest BCUT2D eigenvalue weighted by molar-refractivity contribution is -0.147. The number of azide groups is 1. The van der Waals surface area contributed by atoms with Gasteiger partial charge in [0.25, 0.3) is 8.32 Å². The number of carbonyl (C=O) groups is 2. The standard InChI is InChI=1S/C43H53N5O5Si/c1-7-36(53-54(42(2,3)4,34-26-16-10-17-27-34)35-28-18-11-19-29-35)43(5)39(48(41(51)52-43)31-21-20-30-45-46-44)40(50)47(6)37(32-22-12-8-13-23-32)38(49)33-24-14-9-15-25-33/h8-19,22-29,36-39,49H,7,20-21,30-31H2,1-6H3/t36-,37-,38-,39-,43-/m1/s1. The molecule has 4 aromatic rings. The number of nitrogens with zero attached hydrogens (tertiary/aromatic N) is 5. The van der Waals surface area contributed by atoms with Crippen LogP contribution in [0, 0.1) is 0 Å². The zero-order valence-corrected chi connectivity index (χ0v) is 33.2. The quantitative estimate of drug-likeness (QED) is 0.0409. The molecule has 0 unspecified atom stereocenters. The molecule has 0 saturated carbocycles. The molecule has 1 aliphatic rings. The molecule has 4 aromatic carbocycles. The van der Waals surface area contributed by atoms with Crippen molar-refractivity contribution in [2.45, 2.75) is 88.8 Å². The first-order chi connectivity index (χ1) is 25.9. The van der Waals surface area contributed by atoms with Crippen molar-refractivity contribution < 1.29 is 23.9 Å². The van der Waals surface area contributed by atoms with Gasteiger partial charge in [-0.15, -0.1) is 0 Å². The Morgan fingerprint density at radius 1 is 0.926 bits per heavy atom. The molecule has 1 fully saturated rings. The normalized spacial score (nSPS) is 19.0. The van der Waals surface area contributed by atoms with E-state index >= 15 is 4.79 Å². The zero-order valence-electron chi connectivity index (χ0n) is 32.2. The Morgan fingerprint density at radius 3 is 1.91 bits per heavy atom. The molecule has 1 saturated heterocycles. The summed E-state index contributed by atoms with van der Waals surface area (Å²) >= 11 is 0. The minimum Gasteiger partial charge on any atom is -0.438 e. The van der Waals surface area contributed by atoms with E-state index in [1.54, 1.807) is 11.9 Å². The molecule has 2 amide bonds. The van der Waals surface area contributed by atoms with E-state index in [1.807, 2.05) is 111 Å². The monoisotopic (exact) mass is 747 g/mol. The van der Waals surface area contributed by atoms with Gasteiger partial charge in [-0.25, -0.2) is 4.79 Å². The number of cyclic esters (lactones) is 1. The first-order valence-electron chi connectivity index (χ1n) is 18.7. The molecule has 0 spiro atoms. The van der Waals surface area contributed by atoms with E-state index in [9.17, 15) is 9.90 Å². The Balaban J connectivity index is 1.64. The molecule has 0 radical (unpaired) electrons. The van der Waals surface area contributed by atoms with Gasteiger partial charge in [-0.1, -0.05) is 154 Å². The van der Waals surface area contributed by atoms with Crippen LogP contribution in [-0.2, 0) is 14.0 Å². The van der Waals surface area contributed by atoms with E-state index in [0.29, 0.717) is 24.8 Å². The average Bonchev–Trinajstić information content (AvgIpc) is 3.44. The molecule has 5 rings (SSSR count). The van der Waals surface area contributed by atoms with Crippen molar-refractivity contribution in [2.24, 2.45) is 5.11 Å². The van der Waals surface area contributed by atoms with Crippen molar-refractivity contribution >= 4 is 30.7 Å². The summed E-state index contributed by atoms with van der Waals surface area (Å²) in [6.07, 6.45) is -0.939. The van der Waals surface area contributed by atoms with Crippen LogP contribution >= 0.6 is 0 Å². The van der Waals surface area contributed by atoms with Gasteiger partial charge in [-0.2, -0.15) is 0 Å². The summed E-state index contributed by atoms with van der Waals surface area (Å²) in [6, 6.07) is 37.3. The topological polar surface area (TPSA) is 128 Å². The highest BCUT2D eigenvalue weighted by Crippen LogP contribution is 2.44. The summed E-state index contributed by atoms with van der Waals surface area (Å²) in [5.41, 5.74) is 8.80. The smallest absolute Gasteiger partial charge is 0.411 e. The summed E-state index contributed by atoms with van der Waals surface area (Å²) < 4.78 is 14.1. The first kappa shape index (κ1) is 40.3. The molecule has 1 N–H and O–H groups in total. The van der Waals surface area contributed by atoms with Crippen LogP contribution in [0.1, 0.15) is 77.2 Å². The molecule has 10 nitrogen and oxygen atoms in total. The van der Waals surface area contributed by atoms with Crippen LogP contribution in [0.15, 0.2) is 126 Å². The second-order valence-electron chi connectivity index (χ2n) is 15.1. The van der Waals surface area contributed by atoms with Gasteiger partial charge < -0.3 is 19.2 Å². The van der Waals surface area contributed by atoms with Crippen LogP contribution in [0.25, 0.3) is 10.4 Å². The van der Waals surface area contributed by atoms with Crippen molar-refractivity contribution in [2.75, 3.05) is 20.1 Å². The number of hydrogen-bond donors (Lipinski definition) is 1. The molecule has 1 aliphatic heterocycles. The van der Waals surface area contributed by atoms with E-state index < -0.39 is 44.3 Å². The Hall–Kier alpha value is -4.93. The number of rotatable bonds is 16. The maximum absolute atomic E-state index is 15.4. The number of benzene rings is 4. The van der Waals surface area contributed by atoms with Crippen LogP contribution in [0.4, 0.5) is 4.79 Å². The maximum atomic E-state index is 15.4. The summed E-state index contributed by atoms with van der Waals surface area (Å²) in [4.78, 5) is 35.4. The summed E-state index contributed by atoms with van der Waals surface area (Å²) in [6.45, 7) is 10.9. The van der Waals surface area contributed by atoms with Gasteiger partial charge in [-0.05, 0) is 58.3 Å². The van der Waals surface area contributed by atoms with Gasteiger partial charge in [0, 0.05) is 25.0 Å². The predicted molar refractivity (Wildman–Crippen MR) is 215 cm³/mol. The van der Waals surface area contributed by atoms with Gasteiger partial charge in [0.15, 0.2) is 11.6 Å². The third-order valence-electron chi connectivity index (χ3n) is 10.7. The molecule has 0 aliphatic carbocycles. The van der Waals surface area contributed by atoms with E-state index in [-0.39, 0.29) is 24.0 Å². The third-order valence-corrected chi connectivity index (χ3v) is 15.7. The van der Waals surface area contributed by atoms with Gasteiger partial charge in [-0.3, -0.25) is 9.69 Å². The molecule has 11 heteroatoms. The molecule has 5 atom stereocenters. The minimum atomic E-state index is -3.18. The fourth-order valence-corrected chi connectivity index (χ4v) is 12.9. The molecule has 1 heterocycles. The Labute approximate surface area is 320 Å². The van der Waals surface area contributed by atoms with Crippen LogP contribution in [0.5, 0.6) is 0 Å². The summed E-state index contributed by atoms with van der Waals surface area (Å²) in [7, 11) is -1.50. The predicted octanol–water partition coefficient (Wildman–Crippen LogP) is 7.94. The highest BCUT2D eigenvalue weighted by atomic mass is 28.4. The summed E-state index contributed by atoms with van der Waals surface area (Å²) in [5, 5.41) is 17.4. The number of carbonyl (C=O) groups excluding carboxylic acids is 2. The molecule has 284 valence electrons. The second-order valence-corrected chi connectivity index (χ2v) is 19.4. The molecule has 0 aromatic heterocycles. The lowest BCUT2D eigenvalue weighted by Gasteiger charge is -2.48. The molecule has 54 heavy (non-hydrogen) atoms. The van der Waals surface area contributed by atoms with Crippen molar-refractivity contribution in [1.29, 1.82) is 0 Å². The number of ether oxygens (including phenoxy) is 1. The Bertz CT molecular complexity index is 1830. The number of unbranched alkanes of at least 4 members (excludes halogenated alkanes) is 1. The second kappa shape index (κ2) is 17.5. The SMILES string of the molecule is CC[C@@H](O[Si](c1ccccc1)(c1ccccc1)C(C)(C)C)[C@@]1(C)OC(=O)N(CCCCN=[N+]=[N-])[C@@H]1C(=O)N(C)[C@H](c1ccccc1)[C@H](O)c1ccccc1. The number of aliphatic hydroxyl groups excluding tert-OH is 1. The largest absolute Gasteiger partial charge is 0.438 e. The van der Waals surface area contributed by atoms with E-state index in [4.69, 9.17) is 14.7 Å².